The fourth-order valence-corrected chi connectivity index (χ4v) is 2.71. The second-order valence-electron chi connectivity index (χ2n) is 5.32. The van der Waals surface area contributed by atoms with Crippen molar-refractivity contribution >= 4 is 23.0 Å². The van der Waals surface area contributed by atoms with Gasteiger partial charge in [-0.25, -0.2) is 10.5 Å². The molecule has 2 aromatic rings. The maximum Gasteiger partial charge on any atom is 0.275 e. The average Bonchev–Trinajstić information content (AvgIpc) is 2.49. The highest BCUT2D eigenvalue weighted by Gasteiger charge is 2.30. The number of rotatable bonds is 0. The van der Waals surface area contributed by atoms with Crippen LogP contribution in [0.4, 0.5) is 11.4 Å². The average molecular weight is 278 g/mol. The third kappa shape index (κ3) is 1.64. The highest BCUT2D eigenvalue weighted by Crippen LogP contribution is 2.35. The van der Waals surface area contributed by atoms with E-state index in [2.05, 4.69) is 28.9 Å². The van der Waals surface area contributed by atoms with Gasteiger partial charge >= 0.3 is 0 Å². The maximum absolute atomic E-state index is 12.5. The minimum Gasteiger partial charge on any atom is -0.319 e. The molecule has 2 aliphatic heterocycles. The second-order valence-corrected chi connectivity index (χ2v) is 5.32. The van der Waals surface area contributed by atoms with E-state index in [9.17, 15) is 4.79 Å². The molecule has 104 valence electrons. The molecule has 0 saturated carbocycles. The predicted octanol–water partition coefficient (Wildman–Crippen LogP) is 0.923. The smallest absolute Gasteiger partial charge is 0.275 e. The highest BCUT2D eigenvalue weighted by atomic mass is 16.2. The van der Waals surface area contributed by atoms with Crippen molar-refractivity contribution in [1.82, 2.24) is 5.53 Å². The highest BCUT2D eigenvalue weighted by molar-refractivity contribution is 6.27. The van der Waals surface area contributed by atoms with E-state index in [0.717, 1.165) is 27.5 Å². The van der Waals surface area contributed by atoms with Crippen LogP contribution in [0.2, 0.25) is 0 Å². The summed E-state index contributed by atoms with van der Waals surface area (Å²) in [5.41, 5.74) is 7.58. The summed E-state index contributed by atoms with van der Waals surface area (Å²) in [6.45, 7) is 4.09. The Morgan fingerprint density at radius 1 is 1.10 bits per heavy atom. The van der Waals surface area contributed by atoms with Crippen LogP contribution in [0, 0.1) is 13.8 Å². The number of benzene rings is 2. The topological polar surface area (TPSA) is 56.7 Å². The van der Waals surface area contributed by atoms with E-state index in [4.69, 9.17) is 0 Å². The monoisotopic (exact) mass is 278 g/mol. The third-order valence-corrected chi connectivity index (χ3v) is 3.97. The van der Waals surface area contributed by atoms with Crippen molar-refractivity contribution in [2.75, 3.05) is 10.3 Å². The Kier molecular flexibility index (Phi) is 2.33. The van der Waals surface area contributed by atoms with Crippen LogP contribution in [0.3, 0.4) is 0 Å². The maximum atomic E-state index is 12.5. The molecule has 0 radical (unpaired) electrons. The van der Waals surface area contributed by atoms with Gasteiger partial charge in [-0.15, -0.1) is 0 Å². The fourth-order valence-electron chi connectivity index (χ4n) is 2.71. The summed E-state index contributed by atoms with van der Waals surface area (Å²) < 4.78 is 0. The van der Waals surface area contributed by atoms with E-state index < -0.39 is 0 Å². The molecule has 5 heteroatoms. The first-order valence-electron chi connectivity index (χ1n) is 6.80. The van der Waals surface area contributed by atoms with E-state index in [1.165, 1.54) is 5.56 Å². The minimum atomic E-state index is -0.124. The van der Waals surface area contributed by atoms with Crippen LogP contribution in [0.1, 0.15) is 11.1 Å². The van der Waals surface area contributed by atoms with E-state index in [1.807, 2.05) is 37.3 Å². The van der Waals surface area contributed by atoms with Crippen LogP contribution >= 0.6 is 0 Å². The number of anilines is 2. The van der Waals surface area contributed by atoms with Crippen LogP contribution in [-0.2, 0) is 4.79 Å². The summed E-state index contributed by atoms with van der Waals surface area (Å²) in [6.07, 6.45) is 0. The number of nitrogens with zero attached hydrogens (tertiary/aromatic N) is 2. The number of carbonyl (C=O) groups excluding carboxylic acids is 1. The van der Waals surface area contributed by atoms with Gasteiger partial charge in [0.05, 0.1) is 16.7 Å². The Labute approximate surface area is 121 Å². The van der Waals surface area contributed by atoms with E-state index >= 15 is 0 Å². The summed E-state index contributed by atoms with van der Waals surface area (Å²) in [7, 11) is 0. The Bertz CT molecular complexity index is 901. The van der Waals surface area contributed by atoms with Crippen molar-refractivity contribution in [2.24, 2.45) is 5.10 Å². The molecular weight excluding hydrogens is 264 g/mol. The molecule has 0 aliphatic carbocycles. The van der Waals surface area contributed by atoms with Crippen molar-refractivity contribution in [2.45, 2.75) is 13.8 Å². The molecule has 4 rings (SSSR count). The van der Waals surface area contributed by atoms with Crippen molar-refractivity contribution in [3.05, 3.63) is 58.1 Å². The normalized spacial score (nSPS) is 15.2. The molecular formula is C16H14N4O. The van der Waals surface area contributed by atoms with Gasteiger partial charge in [-0.1, -0.05) is 18.2 Å². The van der Waals surface area contributed by atoms with E-state index in [-0.39, 0.29) is 5.91 Å². The van der Waals surface area contributed by atoms with Crippen LogP contribution in [0.5, 0.6) is 0 Å². The molecule has 2 aromatic carbocycles. The number of hydrazine groups is 1. The van der Waals surface area contributed by atoms with Gasteiger partial charge in [0.1, 0.15) is 5.70 Å². The number of para-hydroxylation sites is 1. The lowest BCUT2D eigenvalue weighted by Crippen LogP contribution is -2.52. The number of aryl methyl sites for hydroxylation is 2. The van der Waals surface area contributed by atoms with Crippen molar-refractivity contribution in [1.29, 1.82) is 0 Å². The van der Waals surface area contributed by atoms with Gasteiger partial charge in [-0.3, -0.25) is 4.79 Å². The minimum absolute atomic E-state index is 0.124. The van der Waals surface area contributed by atoms with Gasteiger partial charge in [0.15, 0.2) is 0 Å². The Morgan fingerprint density at radius 2 is 1.86 bits per heavy atom. The molecule has 0 atom stereocenters. The second kappa shape index (κ2) is 4.09. The van der Waals surface area contributed by atoms with Crippen LogP contribution in [-0.4, -0.2) is 5.91 Å². The van der Waals surface area contributed by atoms with Gasteiger partial charge in [0.25, 0.3) is 5.91 Å². The van der Waals surface area contributed by atoms with E-state index in [0.29, 0.717) is 5.70 Å². The number of amides is 1. The number of fused-ring (bicyclic) bond motifs is 4. The number of nitrogens with one attached hydrogen (secondary N) is 2. The zero-order valence-corrected chi connectivity index (χ0v) is 11.8. The van der Waals surface area contributed by atoms with Gasteiger partial charge in [0, 0.05) is 5.22 Å². The molecule has 0 bridgehead atoms. The molecule has 0 saturated heterocycles. The molecule has 0 spiro atoms. The summed E-state index contributed by atoms with van der Waals surface area (Å²) in [6, 6.07) is 11.7. The molecule has 0 fully saturated rings. The van der Waals surface area contributed by atoms with Crippen LogP contribution in [0.15, 0.2) is 41.5 Å². The Balaban J connectivity index is 2.04. The van der Waals surface area contributed by atoms with Crippen molar-refractivity contribution < 1.29 is 4.79 Å². The SMILES string of the molecule is Cc1cc2c(cc1C)N1NN=c3ccccc3=C1C(=O)N2. The Hall–Kier alpha value is -2.82. The summed E-state index contributed by atoms with van der Waals surface area (Å²) in [4.78, 5) is 12.5. The molecule has 0 aromatic heterocycles. The van der Waals surface area contributed by atoms with E-state index in [1.54, 1.807) is 5.01 Å². The zero-order chi connectivity index (χ0) is 14.6. The lowest BCUT2D eigenvalue weighted by molar-refractivity contribution is -0.111. The first kappa shape index (κ1) is 12.0. The molecule has 2 heterocycles. The fraction of sp³-hybridized carbons (Fsp3) is 0.125. The van der Waals surface area contributed by atoms with Crippen molar-refractivity contribution in [3.63, 3.8) is 0 Å². The standard InChI is InChI=1S/C16H14N4O/c1-9-7-13-14(8-10(9)2)20-15(16(21)17-13)11-5-3-4-6-12(11)18-19-20/h3-8,19H,1-2H3,(H,17,21). The largest absolute Gasteiger partial charge is 0.319 e. The first-order valence-corrected chi connectivity index (χ1v) is 6.80. The molecule has 1 amide bonds. The zero-order valence-electron chi connectivity index (χ0n) is 11.8. The molecule has 21 heavy (non-hydrogen) atoms. The number of hydrogen-bond donors (Lipinski definition) is 2. The van der Waals surface area contributed by atoms with Crippen molar-refractivity contribution in [3.8, 4) is 0 Å². The predicted molar refractivity (Wildman–Crippen MR) is 80.8 cm³/mol. The van der Waals surface area contributed by atoms with Crippen LogP contribution < -0.4 is 26.4 Å². The van der Waals surface area contributed by atoms with Crippen LogP contribution in [0.25, 0.3) is 5.70 Å². The third-order valence-electron chi connectivity index (χ3n) is 3.97. The summed E-state index contributed by atoms with van der Waals surface area (Å²) >= 11 is 0. The summed E-state index contributed by atoms with van der Waals surface area (Å²) in [5, 5.41) is 10.7. The van der Waals surface area contributed by atoms with Gasteiger partial charge in [-0.05, 0) is 43.2 Å². The summed E-state index contributed by atoms with van der Waals surface area (Å²) in [5.74, 6) is -0.124. The first-order chi connectivity index (χ1) is 10.1. The molecule has 2 N–H and O–H groups in total. The Morgan fingerprint density at radius 3 is 2.71 bits per heavy atom. The number of carbonyl (C=O) groups is 1. The molecule has 5 nitrogen and oxygen atoms in total. The number of hydrogen-bond acceptors (Lipinski definition) is 4. The lowest BCUT2D eigenvalue weighted by Gasteiger charge is -2.34. The lowest BCUT2D eigenvalue weighted by atomic mass is 10.0. The van der Waals surface area contributed by atoms with Gasteiger partial charge < -0.3 is 5.32 Å². The van der Waals surface area contributed by atoms with Gasteiger partial charge in [0.2, 0.25) is 0 Å². The quantitative estimate of drug-likeness (QED) is 0.753. The molecule has 0 unspecified atom stereocenters. The molecule has 2 aliphatic rings. The van der Waals surface area contributed by atoms with Gasteiger partial charge in [-0.2, -0.15) is 5.10 Å².